The summed E-state index contributed by atoms with van der Waals surface area (Å²) in [5.74, 6) is 0.286. The van der Waals surface area contributed by atoms with Gasteiger partial charge >= 0.3 is 0 Å². The van der Waals surface area contributed by atoms with Gasteiger partial charge in [0.05, 0.1) is 0 Å². The van der Waals surface area contributed by atoms with Crippen molar-refractivity contribution >= 4 is 12.1 Å². The average molecular weight is 251 g/mol. The molecule has 2 rings (SSSR count). The summed E-state index contributed by atoms with van der Waals surface area (Å²) in [5.41, 5.74) is 0.186. The van der Waals surface area contributed by atoms with E-state index in [-0.39, 0.29) is 11.3 Å². The van der Waals surface area contributed by atoms with Crippen LogP contribution in [0.25, 0.3) is 0 Å². The fourth-order valence-electron chi connectivity index (χ4n) is 2.91. The van der Waals surface area contributed by atoms with Gasteiger partial charge in [-0.05, 0) is 32.7 Å². The first-order valence-electron chi connectivity index (χ1n) is 7.10. The van der Waals surface area contributed by atoms with Gasteiger partial charge in [0.25, 0.3) is 0 Å². The molecular weight excluding hydrogens is 226 g/mol. The zero-order chi connectivity index (χ0) is 13.2. The van der Waals surface area contributed by atoms with Crippen LogP contribution in [0.4, 0.5) is 0 Å². The Labute approximate surface area is 110 Å². The molecule has 1 aliphatic carbocycles. The van der Waals surface area contributed by atoms with Crippen molar-refractivity contribution in [2.24, 2.45) is 5.41 Å². The minimum absolute atomic E-state index is 0.186. The number of rotatable bonds is 5. The quantitative estimate of drug-likeness (QED) is 0.757. The van der Waals surface area contributed by atoms with E-state index in [1.165, 1.54) is 12.8 Å². The number of likely N-dealkylation sites (tertiary alicyclic amines) is 1. The lowest BCUT2D eigenvalue weighted by Gasteiger charge is -2.37. The summed E-state index contributed by atoms with van der Waals surface area (Å²) < 4.78 is 0. The van der Waals surface area contributed by atoms with E-state index in [1.807, 2.05) is 11.8 Å². The van der Waals surface area contributed by atoms with Gasteiger partial charge in [0, 0.05) is 43.7 Å². The molecule has 1 amide bonds. The van der Waals surface area contributed by atoms with Crippen molar-refractivity contribution in [1.82, 2.24) is 9.80 Å². The van der Waals surface area contributed by atoms with E-state index in [9.17, 15) is 4.79 Å². The molecular formula is C14H25N3O. The Morgan fingerprint density at radius 3 is 2.50 bits per heavy atom. The average Bonchev–Trinajstić information content (AvgIpc) is 3.18. The molecule has 1 N–H and O–H groups in total. The summed E-state index contributed by atoms with van der Waals surface area (Å²) >= 11 is 0. The Morgan fingerprint density at radius 1 is 1.44 bits per heavy atom. The number of nitrogens with one attached hydrogen (secondary N) is 1. The number of amides is 1. The van der Waals surface area contributed by atoms with E-state index in [2.05, 4.69) is 11.9 Å². The van der Waals surface area contributed by atoms with Gasteiger partial charge < -0.3 is 15.2 Å². The van der Waals surface area contributed by atoms with Gasteiger partial charge in [0.2, 0.25) is 5.91 Å². The molecule has 0 atom stereocenters. The van der Waals surface area contributed by atoms with Crippen LogP contribution in [0.15, 0.2) is 0 Å². The fraction of sp³-hybridized carbons (Fsp3) is 0.857. The number of carbonyl (C=O) groups excluding carboxylic acids is 1. The molecule has 0 spiro atoms. The highest BCUT2D eigenvalue weighted by Crippen LogP contribution is 2.44. The summed E-state index contributed by atoms with van der Waals surface area (Å²) in [6.07, 6.45) is 6.77. The highest BCUT2D eigenvalue weighted by atomic mass is 16.2. The van der Waals surface area contributed by atoms with Gasteiger partial charge in [-0.2, -0.15) is 0 Å². The zero-order valence-corrected chi connectivity index (χ0v) is 11.6. The molecule has 18 heavy (non-hydrogen) atoms. The first-order valence-corrected chi connectivity index (χ1v) is 7.10. The summed E-state index contributed by atoms with van der Waals surface area (Å²) in [7, 11) is 2.17. The fourth-order valence-corrected chi connectivity index (χ4v) is 2.91. The number of nitrogens with zero attached hydrogens (tertiary/aromatic N) is 2. The topological polar surface area (TPSA) is 47.4 Å². The van der Waals surface area contributed by atoms with Gasteiger partial charge in [0.1, 0.15) is 0 Å². The first kappa shape index (κ1) is 13.5. The lowest BCUT2D eigenvalue weighted by atomic mass is 10.0. The standard InChI is InChI=1S/C14H25N3O/c1-3-13(18)17-8-4-12(5-9-17)16(2)11-14(10-15)6-7-14/h10,12,15H,3-9,11H2,1-2H3. The first-order chi connectivity index (χ1) is 8.60. The van der Waals surface area contributed by atoms with Crippen LogP contribution in [0.5, 0.6) is 0 Å². The van der Waals surface area contributed by atoms with Crippen LogP contribution in [-0.2, 0) is 4.79 Å². The summed E-state index contributed by atoms with van der Waals surface area (Å²) in [5, 5.41) is 7.48. The monoisotopic (exact) mass is 251 g/mol. The van der Waals surface area contributed by atoms with E-state index >= 15 is 0 Å². The van der Waals surface area contributed by atoms with Crippen LogP contribution in [0.1, 0.15) is 39.0 Å². The van der Waals surface area contributed by atoms with Crippen LogP contribution in [0, 0.1) is 10.8 Å². The highest BCUT2D eigenvalue weighted by Gasteiger charge is 2.42. The van der Waals surface area contributed by atoms with Crippen molar-refractivity contribution in [2.75, 3.05) is 26.7 Å². The maximum atomic E-state index is 11.6. The molecule has 1 saturated carbocycles. The number of hydrogen-bond donors (Lipinski definition) is 1. The van der Waals surface area contributed by atoms with E-state index in [4.69, 9.17) is 5.41 Å². The predicted molar refractivity (Wildman–Crippen MR) is 73.0 cm³/mol. The Bertz CT molecular complexity index is 317. The molecule has 0 unspecified atom stereocenters. The molecule has 0 radical (unpaired) electrons. The Morgan fingerprint density at radius 2 is 2.06 bits per heavy atom. The third kappa shape index (κ3) is 2.91. The lowest BCUT2D eigenvalue weighted by molar-refractivity contribution is -0.132. The van der Waals surface area contributed by atoms with Crippen LogP contribution < -0.4 is 0 Å². The number of piperidine rings is 1. The Kier molecular flexibility index (Phi) is 4.05. The van der Waals surface area contributed by atoms with Gasteiger partial charge in [-0.15, -0.1) is 0 Å². The minimum atomic E-state index is 0.186. The molecule has 2 aliphatic rings. The van der Waals surface area contributed by atoms with Crippen LogP contribution in [0.2, 0.25) is 0 Å². The van der Waals surface area contributed by atoms with Crippen LogP contribution >= 0.6 is 0 Å². The van der Waals surface area contributed by atoms with E-state index in [0.717, 1.165) is 32.5 Å². The molecule has 0 aromatic carbocycles. The van der Waals surface area contributed by atoms with Gasteiger partial charge in [-0.1, -0.05) is 6.92 Å². The van der Waals surface area contributed by atoms with Gasteiger partial charge in [-0.25, -0.2) is 0 Å². The summed E-state index contributed by atoms with van der Waals surface area (Å²) in [6, 6.07) is 0.586. The second-order valence-corrected chi connectivity index (χ2v) is 5.89. The van der Waals surface area contributed by atoms with Crippen LogP contribution in [0.3, 0.4) is 0 Å². The summed E-state index contributed by atoms with van der Waals surface area (Å²) in [6.45, 7) is 4.75. The largest absolute Gasteiger partial charge is 0.343 e. The van der Waals surface area contributed by atoms with Gasteiger partial charge in [-0.3, -0.25) is 4.79 Å². The molecule has 0 aromatic rings. The molecule has 0 aromatic heterocycles. The third-order valence-electron chi connectivity index (χ3n) is 4.51. The van der Waals surface area contributed by atoms with Crippen molar-refractivity contribution in [2.45, 2.75) is 45.1 Å². The molecule has 1 aliphatic heterocycles. The maximum absolute atomic E-state index is 11.6. The zero-order valence-electron chi connectivity index (χ0n) is 11.6. The smallest absolute Gasteiger partial charge is 0.222 e. The van der Waals surface area contributed by atoms with Crippen molar-refractivity contribution in [3.05, 3.63) is 0 Å². The molecule has 102 valence electrons. The number of carbonyl (C=O) groups is 1. The Balaban J connectivity index is 1.78. The van der Waals surface area contributed by atoms with E-state index in [1.54, 1.807) is 6.21 Å². The Hall–Kier alpha value is -0.900. The molecule has 1 saturated heterocycles. The van der Waals surface area contributed by atoms with Crippen molar-refractivity contribution < 1.29 is 4.79 Å². The molecule has 0 bridgehead atoms. The second-order valence-electron chi connectivity index (χ2n) is 5.89. The van der Waals surface area contributed by atoms with Crippen LogP contribution in [-0.4, -0.2) is 54.6 Å². The molecule has 4 nitrogen and oxygen atoms in total. The maximum Gasteiger partial charge on any atom is 0.222 e. The van der Waals surface area contributed by atoms with Crippen molar-refractivity contribution in [3.8, 4) is 0 Å². The third-order valence-corrected chi connectivity index (χ3v) is 4.51. The molecule has 1 heterocycles. The molecule has 4 heteroatoms. The van der Waals surface area contributed by atoms with Gasteiger partial charge in [0.15, 0.2) is 0 Å². The van der Waals surface area contributed by atoms with Crippen molar-refractivity contribution in [3.63, 3.8) is 0 Å². The van der Waals surface area contributed by atoms with E-state index < -0.39 is 0 Å². The lowest BCUT2D eigenvalue weighted by Crippen LogP contribution is -2.46. The SMILES string of the molecule is CCC(=O)N1CCC(N(C)CC2(C=N)CC2)CC1. The number of hydrogen-bond acceptors (Lipinski definition) is 3. The van der Waals surface area contributed by atoms with Crippen molar-refractivity contribution in [1.29, 1.82) is 5.41 Å². The van der Waals surface area contributed by atoms with E-state index in [0.29, 0.717) is 12.5 Å². The summed E-state index contributed by atoms with van der Waals surface area (Å²) in [4.78, 5) is 16.0. The molecule has 2 fully saturated rings. The second kappa shape index (κ2) is 5.39. The predicted octanol–water partition coefficient (Wildman–Crippen LogP) is 1.75. The normalized spacial score (nSPS) is 23.2. The minimum Gasteiger partial charge on any atom is -0.343 e. The highest BCUT2D eigenvalue weighted by molar-refractivity contribution is 5.75.